The molecule has 6 heteroatoms. The van der Waals surface area contributed by atoms with Gasteiger partial charge in [0.05, 0.1) is 0 Å². The van der Waals surface area contributed by atoms with E-state index in [1.165, 1.54) is 6.07 Å². The molecule has 94 valence electrons. The average Bonchev–Trinajstić information content (AvgIpc) is 2.26. The van der Waals surface area contributed by atoms with Crippen LogP contribution in [0.25, 0.3) is 0 Å². The van der Waals surface area contributed by atoms with Crippen LogP contribution < -0.4 is 0 Å². The van der Waals surface area contributed by atoms with Gasteiger partial charge in [0.25, 0.3) is 12.9 Å². The zero-order valence-electron chi connectivity index (χ0n) is 8.76. The molecule has 1 rings (SSSR count). The lowest BCUT2D eigenvalue weighted by atomic mass is 9.97. The van der Waals surface area contributed by atoms with Crippen molar-refractivity contribution in [2.45, 2.75) is 25.2 Å². The Morgan fingerprint density at radius 2 is 1.65 bits per heavy atom. The van der Waals surface area contributed by atoms with Gasteiger partial charge in [-0.25, -0.2) is 17.6 Å². The third-order valence-electron chi connectivity index (χ3n) is 2.26. The number of benzene rings is 1. The van der Waals surface area contributed by atoms with Gasteiger partial charge in [0.1, 0.15) is 5.38 Å². The molecule has 1 aromatic rings. The van der Waals surface area contributed by atoms with Crippen LogP contribution in [-0.4, -0.2) is 5.78 Å². The van der Waals surface area contributed by atoms with Crippen LogP contribution in [0.15, 0.2) is 18.2 Å². The highest BCUT2D eigenvalue weighted by Crippen LogP contribution is 2.37. The van der Waals surface area contributed by atoms with Gasteiger partial charge in [-0.05, 0) is 12.5 Å². The normalized spacial score (nSPS) is 13.2. The number of carbonyl (C=O) groups excluding carboxylic acids is 1. The van der Waals surface area contributed by atoms with Gasteiger partial charge in [0, 0.05) is 11.1 Å². The van der Waals surface area contributed by atoms with Crippen LogP contribution in [0.2, 0.25) is 0 Å². The Labute approximate surface area is 100 Å². The topological polar surface area (TPSA) is 17.1 Å². The summed E-state index contributed by atoms with van der Waals surface area (Å²) in [6, 6.07) is 3.24. The Hall–Kier alpha value is -1.10. The number of ketones is 1. The second-order valence-electron chi connectivity index (χ2n) is 3.42. The molecule has 0 aliphatic heterocycles. The lowest BCUT2D eigenvalue weighted by molar-refractivity contribution is -0.116. The van der Waals surface area contributed by atoms with Crippen molar-refractivity contribution in [2.24, 2.45) is 0 Å². The van der Waals surface area contributed by atoms with E-state index in [1.807, 2.05) is 0 Å². The fourth-order valence-corrected chi connectivity index (χ4v) is 1.67. The highest BCUT2D eigenvalue weighted by atomic mass is 35.5. The Balaban J connectivity index is 3.40. The minimum Gasteiger partial charge on any atom is -0.298 e. The van der Waals surface area contributed by atoms with Crippen LogP contribution in [-0.2, 0) is 4.79 Å². The molecule has 0 saturated heterocycles. The summed E-state index contributed by atoms with van der Waals surface area (Å²) in [5.41, 5.74) is -1.89. The van der Waals surface area contributed by atoms with Crippen molar-refractivity contribution in [1.82, 2.24) is 0 Å². The van der Waals surface area contributed by atoms with Gasteiger partial charge in [-0.2, -0.15) is 0 Å². The molecule has 0 aliphatic rings. The third-order valence-corrected chi connectivity index (χ3v) is 2.80. The van der Waals surface area contributed by atoms with Crippen LogP contribution in [0.4, 0.5) is 17.6 Å². The Morgan fingerprint density at radius 1 is 1.12 bits per heavy atom. The quantitative estimate of drug-likeness (QED) is 0.583. The molecule has 1 unspecified atom stereocenters. The molecule has 0 fully saturated rings. The molecule has 0 N–H and O–H groups in total. The predicted octanol–water partition coefficient (Wildman–Crippen LogP) is 4.43. The number of hydrogen-bond donors (Lipinski definition) is 0. The molecule has 1 atom stereocenters. The molecule has 0 saturated carbocycles. The largest absolute Gasteiger partial charge is 0.298 e. The van der Waals surface area contributed by atoms with Gasteiger partial charge < -0.3 is 0 Å². The lowest BCUT2D eigenvalue weighted by Gasteiger charge is -2.15. The number of hydrogen-bond acceptors (Lipinski definition) is 1. The monoisotopic (exact) mass is 268 g/mol. The summed E-state index contributed by atoms with van der Waals surface area (Å²) in [6.07, 6.45) is -6.13. The second-order valence-corrected chi connectivity index (χ2v) is 3.86. The van der Waals surface area contributed by atoms with Crippen LogP contribution >= 0.6 is 11.6 Å². The van der Waals surface area contributed by atoms with E-state index < -0.39 is 35.1 Å². The molecule has 0 spiro atoms. The molecule has 1 aromatic carbocycles. The summed E-state index contributed by atoms with van der Waals surface area (Å²) < 4.78 is 50.7. The summed E-state index contributed by atoms with van der Waals surface area (Å²) in [7, 11) is 0. The van der Waals surface area contributed by atoms with Crippen molar-refractivity contribution in [1.29, 1.82) is 0 Å². The number of Topliss-reactive ketones (excluding diaryl/α,β-unsaturated/α-hetero) is 1. The van der Waals surface area contributed by atoms with Crippen LogP contribution in [0.5, 0.6) is 0 Å². The van der Waals surface area contributed by atoms with Gasteiger partial charge in [-0.1, -0.05) is 18.2 Å². The maximum atomic E-state index is 12.8. The number of alkyl halides is 5. The van der Waals surface area contributed by atoms with E-state index in [0.29, 0.717) is 0 Å². The fraction of sp³-hybridized carbons (Fsp3) is 0.364. The summed E-state index contributed by atoms with van der Waals surface area (Å²) in [6.45, 7) is 1.11. The highest BCUT2D eigenvalue weighted by Gasteiger charge is 2.27. The van der Waals surface area contributed by atoms with Gasteiger partial charge >= 0.3 is 0 Å². The molecule has 0 aliphatic carbocycles. The van der Waals surface area contributed by atoms with Crippen molar-refractivity contribution in [3.05, 3.63) is 34.9 Å². The fourth-order valence-electron chi connectivity index (χ4n) is 1.48. The SMILES string of the molecule is CC(=O)C(Cl)c1cccc(C(F)F)c1C(F)F. The first-order valence-electron chi connectivity index (χ1n) is 4.69. The smallest absolute Gasteiger partial charge is 0.264 e. The molecule has 0 aromatic heterocycles. The van der Waals surface area contributed by atoms with E-state index in [9.17, 15) is 22.4 Å². The summed E-state index contributed by atoms with van der Waals surface area (Å²) >= 11 is 5.64. The van der Waals surface area contributed by atoms with Crippen molar-refractivity contribution < 1.29 is 22.4 Å². The third kappa shape index (κ3) is 2.97. The molecule has 0 bridgehead atoms. The van der Waals surface area contributed by atoms with Crippen LogP contribution in [0, 0.1) is 0 Å². The number of halogens is 5. The molecule has 0 heterocycles. The molecular formula is C11H9ClF4O. The molecule has 17 heavy (non-hydrogen) atoms. The maximum Gasteiger partial charge on any atom is 0.264 e. The van der Waals surface area contributed by atoms with Gasteiger partial charge in [-0.3, -0.25) is 4.79 Å². The van der Waals surface area contributed by atoms with Crippen molar-refractivity contribution in [3.63, 3.8) is 0 Å². The van der Waals surface area contributed by atoms with E-state index in [1.54, 1.807) is 0 Å². The molecule has 0 radical (unpaired) electrons. The van der Waals surface area contributed by atoms with Crippen LogP contribution in [0.3, 0.4) is 0 Å². The molecule has 0 amide bonds. The van der Waals surface area contributed by atoms with Crippen molar-refractivity contribution in [2.75, 3.05) is 0 Å². The number of carbonyl (C=O) groups is 1. The summed E-state index contributed by atoms with van der Waals surface area (Å²) in [5.74, 6) is -0.569. The van der Waals surface area contributed by atoms with Crippen molar-refractivity contribution >= 4 is 17.4 Å². The first kappa shape index (κ1) is 14.0. The summed E-state index contributed by atoms with van der Waals surface area (Å²) in [4.78, 5) is 11.0. The lowest BCUT2D eigenvalue weighted by Crippen LogP contribution is -2.08. The predicted molar refractivity (Wildman–Crippen MR) is 55.6 cm³/mol. The molecular weight excluding hydrogens is 260 g/mol. The van der Waals surface area contributed by atoms with Gasteiger partial charge in [0.15, 0.2) is 5.78 Å². The first-order valence-corrected chi connectivity index (χ1v) is 5.13. The second kappa shape index (κ2) is 5.49. The minimum atomic E-state index is -3.10. The Morgan fingerprint density at radius 3 is 2.06 bits per heavy atom. The van der Waals surface area contributed by atoms with E-state index in [4.69, 9.17) is 11.6 Å². The molecule has 1 nitrogen and oxygen atoms in total. The van der Waals surface area contributed by atoms with E-state index in [2.05, 4.69) is 0 Å². The highest BCUT2D eigenvalue weighted by molar-refractivity contribution is 6.30. The van der Waals surface area contributed by atoms with E-state index in [0.717, 1.165) is 19.1 Å². The first-order chi connectivity index (χ1) is 7.86. The van der Waals surface area contributed by atoms with Gasteiger partial charge in [0.2, 0.25) is 0 Å². The van der Waals surface area contributed by atoms with Gasteiger partial charge in [-0.15, -0.1) is 11.6 Å². The maximum absolute atomic E-state index is 12.8. The standard InChI is InChI=1S/C11H9ClF4O/c1-5(17)9(12)6-3-2-4-7(10(13)14)8(6)11(15)16/h2-4,9-11H,1H3. The average molecular weight is 269 g/mol. The van der Waals surface area contributed by atoms with Crippen molar-refractivity contribution in [3.8, 4) is 0 Å². The minimum absolute atomic E-state index is 0.257. The zero-order valence-corrected chi connectivity index (χ0v) is 9.52. The van der Waals surface area contributed by atoms with Crippen LogP contribution in [0.1, 0.15) is 41.8 Å². The zero-order chi connectivity index (χ0) is 13.2. The Bertz CT molecular complexity index is 420. The Kier molecular flexibility index (Phi) is 4.51. The summed E-state index contributed by atoms with van der Waals surface area (Å²) in [5, 5.41) is -1.34. The van der Waals surface area contributed by atoms with E-state index >= 15 is 0 Å². The van der Waals surface area contributed by atoms with E-state index in [-0.39, 0.29) is 5.56 Å². The number of rotatable bonds is 4.